The number of hydrogen-bond donors (Lipinski definition) is 1. The number of aliphatic carboxylic acids is 1. The summed E-state index contributed by atoms with van der Waals surface area (Å²) in [6.07, 6.45) is 2.95. The summed E-state index contributed by atoms with van der Waals surface area (Å²) in [4.78, 5) is 17.2. The van der Waals surface area contributed by atoms with Crippen LogP contribution in [0.1, 0.15) is 18.3 Å². The average molecular weight is 317 g/mol. The third kappa shape index (κ3) is 5.10. The molecule has 0 fully saturated rings. The van der Waals surface area contributed by atoms with E-state index in [-0.39, 0.29) is 0 Å². The average Bonchev–Trinajstić information content (AvgIpc) is 2.92. The van der Waals surface area contributed by atoms with Crippen molar-refractivity contribution < 1.29 is 14.6 Å². The zero-order valence-corrected chi connectivity index (χ0v) is 13.8. The second-order valence-electron chi connectivity index (χ2n) is 5.65. The van der Waals surface area contributed by atoms with E-state index in [1.54, 1.807) is 0 Å². The van der Waals surface area contributed by atoms with E-state index in [2.05, 4.69) is 21.5 Å². The Morgan fingerprint density at radius 1 is 1.39 bits per heavy atom. The number of benzene rings is 1. The van der Waals surface area contributed by atoms with Crippen molar-refractivity contribution in [2.24, 2.45) is 0 Å². The van der Waals surface area contributed by atoms with Crippen molar-refractivity contribution >= 4 is 5.97 Å². The molecular weight excluding hydrogens is 294 g/mol. The van der Waals surface area contributed by atoms with Crippen LogP contribution >= 0.6 is 0 Å². The molecule has 1 atom stereocenters. The van der Waals surface area contributed by atoms with Crippen molar-refractivity contribution in [1.82, 2.24) is 14.5 Å². The molecule has 0 aliphatic rings. The van der Waals surface area contributed by atoms with E-state index < -0.39 is 12.1 Å². The lowest BCUT2D eigenvalue weighted by Gasteiger charge is -2.18. The van der Waals surface area contributed by atoms with Gasteiger partial charge in [0.2, 0.25) is 0 Å². The third-order valence-corrected chi connectivity index (χ3v) is 3.68. The monoisotopic (exact) mass is 317 g/mol. The Bertz CT molecular complexity index is 637. The second kappa shape index (κ2) is 7.78. The van der Waals surface area contributed by atoms with E-state index in [1.807, 2.05) is 43.6 Å². The Morgan fingerprint density at radius 3 is 2.65 bits per heavy atom. The number of imidazole rings is 1. The molecule has 6 heteroatoms. The Kier molecular flexibility index (Phi) is 5.76. The predicted molar refractivity (Wildman–Crippen MR) is 87.5 cm³/mol. The van der Waals surface area contributed by atoms with Crippen molar-refractivity contribution in [3.05, 3.63) is 48.0 Å². The van der Waals surface area contributed by atoms with Gasteiger partial charge in [-0.25, -0.2) is 9.78 Å². The van der Waals surface area contributed by atoms with Gasteiger partial charge in [-0.3, -0.25) is 0 Å². The smallest absolute Gasteiger partial charge is 0.344 e. The van der Waals surface area contributed by atoms with Gasteiger partial charge in [0.15, 0.2) is 6.10 Å². The van der Waals surface area contributed by atoms with Gasteiger partial charge in [0.05, 0.1) is 0 Å². The number of aromatic nitrogens is 2. The first-order valence-electron chi connectivity index (χ1n) is 7.60. The molecule has 0 unspecified atom stereocenters. The minimum absolute atomic E-state index is 0.570. The normalized spacial score (nSPS) is 12.3. The highest BCUT2D eigenvalue weighted by Gasteiger charge is 2.12. The number of carboxylic acids is 1. The summed E-state index contributed by atoms with van der Waals surface area (Å²) >= 11 is 0. The first-order valence-corrected chi connectivity index (χ1v) is 7.60. The van der Waals surface area contributed by atoms with Crippen molar-refractivity contribution in [3.8, 4) is 5.75 Å². The van der Waals surface area contributed by atoms with Crippen LogP contribution in [0, 0.1) is 6.92 Å². The molecule has 6 nitrogen and oxygen atoms in total. The van der Waals surface area contributed by atoms with Gasteiger partial charge in [-0.15, -0.1) is 0 Å². The molecule has 1 heterocycles. The fraction of sp³-hybridized carbons (Fsp3) is 0.412. The summed E-state index contributed by atoms with van der Waals surface area (Å²) in [5.41, 5.74) is 1.16. The van der Waals surface area contributed by atoms with Crippen LogP contribution in [0.5, 0.6) is 5.75 Å². The van der Waals surface area contributed by atoms with Gasteiger partial charge >= 0.3 is 5.97 Å². The van der Waals surface area contributed by atoms with Crippen LogP contribution in [-0.4, -0.2) is 45.2 Å². The quantitative estimate of drug-likeness (QED) is 0.808. The van der Waals surface area contributed by atoms with Gasteiger partial charge in [-0.1, -0.05) is 12.1 Å². The lowest BCUT2D eigenvalue weighted by atomic mass is 10.2. The van der Waals surface area contributed by atoms with Crippen LogP contribution in [0.3, 0.4) is 0 Å². The van der Waals surface area contributed by atoms with E-state index in [0.29, 0.717) is 5.75 Å². The van der Waals surface area contributed by atoms with Crippen LogP contribution in [-0.2, 0) is 17.9 Å². The minimum Gasteiger partial charge on any atom is -0.479 e. The molecule has 0 aliphatic heterocycles. The van der Waals surface area contributed by atoms with E-state index in [0.717, 1.165) is 31.0 Å². The predicted octanol–water partition coefficient (Wildman–Crippen LogP) is 2.18. The molecule has 1 aromatic carbocycles. The number of ether oxygens (including phenoxy) is 1. The molecule has 1 aromatic heterocycles. The molecule has 0 saturated carbocycles. The topological polar surface area (TPSA) is 67.6 Å². The largest absolute Gasteiger partial charge is 0.479 e. The number of likely N-dealkylation sites (N-methyl/N-ethyl adjacent to an activating group) is 1. The molecule has 0 radical (unpaired) electrons. The molecule has 0 spiro atoms. The number of hydrogen-bond acceptors (Lipinski definition) is 4. The summed E-state index contributed by atoms with van der Waals surface area (Å²) < 4.78 is 7.45. The van der Waals surface area contributed by atoms with Crippen molar-refractivity contribution in [2.75, 3.05) is 13.6 Å². The second-order valence-corrected chi connectivity index (χ2v) is 5.65. The van der Waals surface area contributed by atoms with Crippen molar-refractivity contribution in [2.45, 2.75) is 33.0 Å². The zero-order chi connectivity index (χ0) is 16.8. The van der Waals surface area contributed by atoms with Crippen LogP contribution in [0.2, 0.25) is 0 Å². The van der Waals surface area contributed by atoms with Gasteiger partial charge in [0, 0.05) is 32.0 Å². The molecule has 23 heavy (non-hydrogen) atoms. The molecule has 0 saturated heterocycles. The highest BCUT2D eigenvalue weighted by atomic mass is 16.5. The van der Waals surface area contributed by atoms with Crippen LogP contribution < -0.4 is 4.74 Å². The molecule has 0 amide bonds. The molecule has 2 aromatic rings. The van der Waals surface area contributed by atoms with Gasteiger partial charge in [-0.2, -0.15) is 0 Å². The Morgan fingerprint density at radius 2 is 2.09 bits per heavy atom. The third-order valence-electron chi connectivity index (χ3n) is 3.68. The van der Waals surface area contributed by atoms with Crippen LogP contribution in [0.4, 0.5) is 0 Å². The summed E-state index contributed by atoms with van der Waals surface area (Å²) in [5, 5.41) is 8.84. The number of carbonyl (C=O) groups is 1. The Hall–Kier alpha value is -2.34. The lowest BCUT2D eigenvalue weighted by Crippen LogP contribution is -2.23. The maximum absolute atomic E-state index is 10.8. The fourth-order valence-corrected chi connectivity index (χ4v) is 2.24. The lowest BCUT2D eigenvalue weighted by molar-refractivity contribution is -0.144. The number of carboxylic acid groups (broad SMARTS) is 1. The summed E-state index contributed by atoms with van der Waals surface area (Å²) in [7, 11) is 2.07. The van der Waals surface area contributed by atoms with Gasteiger partial charge in [0.1, 0.15) is 11.6 Å². The zero-order valence-electron chi connectivity index (χ0n) is 13.8. The maximum atomic E-state index is 10.8. The molecule has 124 valence electrons. The number of aryl methyl sites for hydroxylation is 1. The highest BCUT2D eigenvalue weighted by molar-refractivity contribution is 5.72. The fourth-order valence-electron chi connectivity index (χ4n) is 2.24. The number of nitrogens with zero attached hydrogens (tertiary/aromatic N) is 3. The first-order chi connectivity index (χ1) is 11.0. The van der Waals surface area contributed by atoms with Gasteiger partial charge < -0.3 is 19.3 Å². The molecular formula is C17H23N3O3. The van der Waals surface area contributed by atoms with Gasteiger partial charge in [-0.05, 0) is 38.6 Å². The van der Waals surface area contributed by atoms with Crippen LogP contribution in [0.25, 0.3) is 0 Å². The van der Waals surface area contributed by atoms with Crippen molar-refractivity contribution in [1.29, 1.82) is 0 Å². The summed E-state index contributed by atoms with van der Waals surface area (Å²) in [5.74, 6) is 0.622. The van der Waals surface area contributed by atoms with Gasteiger partial charge in [0.25, 0.3) is 0 Å². The molecule has 0 bridgehead atoms. The highest BCUT2D eigenvalue weighted by Crippen LogP contribution is 2.15. The van der Waals surface area contributed by atoms with Crippen LogP contribution in [0.15, 0.2) is 36.7 Å². The Balaban J connectivity index is 1.83. The van der Waals surface area contributed by atoms with E-state index in [4.69, 9.17) is 9.84 Å². The molecule has 1 N–H and O–H groups in total. The summed E-state index contributed by atoms with van der Waals surface area (Å²) in [6, 6.07) is 7.54. The standard InChI is InChI=1S/C17H23N3O3/c1-13(17(21)22)23-16-6-4-15(5-7-16)12-19(3)10-11-20-9-8-18-14(20)2/h4-9,13H,10-12H2,1-3H3,(H,21,22)/t13-/m1/s1. The Labute approximate surface area is 136 Å². The molecule has 2 rings (SSSR count). The SMILES string of the molecule is Cc1nccn1CCN(C)Cc1ccc(O[C@H](C)C(=O)O)cc1. The van der Waals surface area contributed by atoms with E-state index in [9.17, 15) is 4.79 Å². The number of rotatable bonds is 8. The van der Waals surface area contributed by atoms with E-state index in [1.165, 1.54) is 6.92 Å². The van der Waals surface area contributed by atoms with Crippen molar-refractivity contribution in [3.63, 3.8) is 0 Å². The molecule has 0 aliphatic carbocycles. The first kappa shape index (κ1) is 17.0. The maximum Gasteiger partial charge on any atom is 0.344 e. The minimum atomic E-state index is -0.969. The van der Waals surface area contributed by atoms with E-state index >= 15 is 0 Å². The summed E-state index contributed by atoms with van der Waals surface area (Å²) in [6.45, 7) is 6.16.